The fourth-order valence-corrected chi connectivity index (χ4v) is 3.73. The second kappa shape index (κ2) is 9.98. The lowest BCUT2D eigenvalue weighted by molar-refractivity contribution is -0.115. The summed E-state index contributed by atoms with van der Waals surface area (Å²) in [4.78, 5) is 12.5. The van der Waals surface area contributed by atoms with Crippen molar-refractivity contribution in [2.24, 2.45) is 0 Å². The molecule has 0 unspecified atom stereocenters. The molecule has 2 aromatic rings. The van der Waals surface area contributed by atoms with Gasteiger partial charge in [-0.3, -0.25) is 4.79 Å². The van der Waals surface area contributed by atoms with E-state index in [9.17, 15) is 13.2 Å². The number of benzene rings is 2. The van der Waals surface area contributed by atoms with Crippen LogP contribution in [0, 0.1) is 0 Å². The first-order valence-electron chi connectivity index (χ1n) is 8.96. The van der Waals surface area contributed by atoms with Gasteiger partial charge in [0.05, 0.1) is 36.7 Å². The molecule has 0 spiro atoms. The van der Waals surface area contributed by atoms with Gasteiger partial charge in [0.25, 0.3) is 0 Å². The molecule has 0 aliphatic heterocycles. The van der Waals surface area contributed by atoms with E-state index in [1.807, 2.05) is 13.8 Å². The Morgan fingerprint density at radius 3 is 2.21 bits per heavy atom. The van der Waals surface area contributed by atoms with Gasteiger partial charge in [-0.05, 0) is 50.2 Å². The summed E-state index contributed by atoms with van der Waals surface area (Å²) >= 11 is 0. The number of anilines is 1. The summed E-state index contributed by atoms with van der Waals surface area (Å²) in [6.45, 7) is 4.62. The molecule has 152 valence electrons. The molecule has 28 heavy (non-hydrogen) atoms. The lowest BCUT2D eigenvalue weighted by atomic mass is 10.2. The van der Waals surface area contributed by atoms with Crippen molar-refractivity contribution in [2.45, 2.75) is 25.2 Å². The largest absolute Gasteiger partial charge is 0.497 e. The quantitative estimate of drug-likeness (QED) is 0.650. The minimum absolute atomic E-state index is 0.148. The third-order valence-electron chi connectivity index (χ3n) is 3.85. The van der Waals surface area contributed by atoms with Crippen molar-refractivity contribution < 1.29 is 27.4 Å². The number of hydrogen-bond acceptors (Lipinski definition) is 6. The standard InChI is InChI=1S/C20H25NO6S/c1-4-26-16-8-11-19(27-5-2)18(14-16)21-20(22)12-13-28(23,24)17-9-6-15(25-3)7-10-17/h6-11,14H,4-5,12-13H2,1-3H3,(H,21,22). The Balaban J connectivity index is 2.05. The SMILES string of the molecule is CCOc1ccc(OCC)c(NC(=O)CCS(=O)(=O)c2ccc(OC)cc2)c1. The Kier molecular flexibility index (Phi) is 7.69. The molecule has 0 aliphatic carbocycles. The van der Waals surface area contributed by atoms with Crippen LogP contribution in [0.25, 0.3) is 0 Å². The zero-order chi connectivity index (χ0) is 20.6. The molecule has 2 rings (SSSR count). The lowest BCUT2D eigenvalue weighted by Gasteiger charge is -2.13. The van der Waals surface area contributed by atoms with Crippen LogP contribution in [0.3, 0.4) is 0 Å². The zero-order valence-corrected chi connectivity index (χ0v) is 17.0. The van der Waals surface area contributed by atoms with Gasteiger partial charge in [-0.15, -0.1) is 0 Å². The maximum atomic E-state index is 12.4. The zero-order valence-electron chi connectivity index (χ0n) is 16.2. The van der Waals surface area contributed by atoms with E-state index >= 15 is 0 Å². The number of rotatable bonds is 10. The Bertz CT molecular complexity index is 893. The fraction of sp³-hybridized carbons (Fsp3) is 0.350. The molecule has 2 aromatic carbocycles. The summed E-state index contributed by atoms with van der Waals surface area (Å²) in [5, 5.41) is 2.71. The lowest BCUT2D eigenvalue weighted by Crippen LogP contribution is -2.18. The van der Waals surface area contributed by atoms with Crippen molar-refractivity contribution in [3.8, 4) is 17.2 Å². The highest BCUT2D eigenvalue weighted by molar-refractivity contribution is 7.91. The molecule has 0 fully saturated rings. The topological polar surface area (TPSA) is 90.9 Å². The van der Waals surface area contributed by atoms with Crippen molar-refractivity contribution in [2.75, 3.05) is 31.4 Å². The van der Waals surface area contributed by atoms with E-state index in [-0.39, 0.29) is 17.1 Å². The highest BCUT2D eigenvalue weighted by atomic mass is 32.2. The molecule has 0 heterocycles. The maximum absolute atomic E-state index is 12.4. The molecular weight excluding hydrogens is 382 g/mol. The van der Waals surface area contributed by atoms with Crippen molar-refractivity contribution >= 4 is 21.4 Å². The Hall–Kier alpha value is -2.74. The van der Waals surface area contributed by atoms with E-state index in [0.717, 1.165) is 0 Å². The van der Waals surface area contributed by atoms with Gasteiger partial charge in [0.15, 0.2) is 9.84 Å². The summed E-state index contributed by atoms with van der Waals surface area (Å²) < 4.78 is 40.8. The first kappa shape index (κ1) is 21.6. The van der Waals surface area contributed by atoms with Gasteiger partial charge in [-0.1, -0.05) is 0 Å². The molecule has 0 atom stereocenters. The molecule has 7 nitrogen and oxygen atoms in total. The van der Waals surface area contributed by atoms with Crippen molar-refractivity contribution in [3.63, 3.8) is 0 Å². The average molecular weight is 407 g/mol. The Morgan fingerprint density at radius 1 is 0.964 bits per heavy atom. The predicted molar refractivity (Wildman–Crippen MR) is 107 cm³/mol. The monoisotopic (exact) mass is 407 g/mol. The molecule has 0 saturated heterocycles. The maximum Gasteiger partial charge on any atom is 0.225 e. The van der Waals surface area contributed by atoms with Gasteiger partial charge in [0, 0.05) is 12.5 Å². The number of ether oxygens (including phenoxy) is 3. The molecule has 8 heteroatoms. The third kappa shape index (κ3) is 5.88. The van der Waals surface area contributed by atoms with Crippen molar-refractivity contribution in [3.05, 3.63) is 42.5 Å². The first-order valence-corrected chi connectivity index (χ1v) is 10.6. The highest BCUT2D eigenvalue weighted by Gasteiger charge is 2.18. The first-order chi connectivity index (χ1) is 13.4. The third-order valence-corrected chi connectivity index (χ3v) is 5.58. The Labute approximate surface area is 165 Å². The average Bonchev–Trinajstić information content (AvgIpc) is 2.69. The number of hydrogen-bond donors (Lipinski definition) is 1. The minimum Gasteiger partial charge on any atom is -0.497 e. The van der Waals surface area contributed by atoms with Gasteiger partial charge < -0.3 is 19.5 Å². The highest BCUT2D eigenvalue weighted by Crippen LogP contribution is 2.29. The number of carbonyl (C=O) groups is 1. The van der Waals surface area contributed by atoms with Crippen LogP contribution in [-0.2, 0) is 14.6 Å². The molecular formula is C20H25NO6S. The van der Waals surface area contributed by atoms with Gasteiger partial charge in [-0.2, -0.15) is 0 Å². The fourth-order valence-electron chi connectivity index (χ4n) is 2.49. The van der Waals surface area contributed by atoms with Gasteiger partial charge in [0.2, 0.25) is 5.91 Å². The molecule has 0 aliphatic rings. The number of methoxy groups -OCH3 is 1. The molecule has 0 radical (unpaired) electrons. The van der Waals surface area contributed by atoms with Crippen LogP contribution in [0.15, 0.2) is 47.4 Å². The van der Waals surface area contributed by atoms with Crippen LogP contribution < -0.4 is 19.5 Å². The summed E-state index contributed by atoms with van der Waals surface area (Å²) in [6.07, 6.45) is -0.182. The van der Waals surface area contributed by atoms with E-state index in [1.54, 1.807) is 30.3 Å². The van der Waals surface area contributed by atoms with Gasteiger partial charge >= 0.3 is 0 Å². The number of nitrogens with one attached hydrogen (secondary N) is 1. The van der Waals surface area contributed by atoms with E-state index in [4.69, 9.17) is 14.2 Å². The van der Waals surface area contributed by atoms with Crippen LogP contribution in [0.1, 0.15) is 20.3 Å². The van der Waals surface area contributed by atoms with Gasteiger partial charge in [0.1, 0.15) is 17.2 Å². The van der Waals surface area contributed by atoms with Crippen LogP contribution in [0.4, 0.5) is 5.69 Å². The normalized spacial score (nSPS) is 11.0. The van der Waals surface area contributed by atoms with E-state index in [0.29, 0.717) is 36.1 Å². The van der Waals surface area contributed by atoms with Crippen molar-refractivity contribution in [1.29, 1.82) is 0 Å². The predicted octanol–water partition coefficient (Wildman–Crippen LogP) is 3.30. The molecule has 0 bridgehead atoms. The molecule has 0 aromatic heterocycles. The summed E-state index contributed by atoms with van der Waals surface area (Å²) in [7, 11) is -2.08. The van der Waals surface area contributed by atoms with Crippen LogP contribution in [0.2, 0.25) is 0 Å². The van der Waals surface area contributed by atoms with E-state index in [2.05, 4.69) is 5.32 Å². The summed E-state index contributed by atoms with van der Waals surface area (Å²) in [5.74, 6) is 0.922. The van der Waals surface area contributed by atoms with Gasteiger partial charge in [-0.25, -0.2) is 8.42 Å². The molecule has 1 amide bonds. The van der Waals surface area contributed by atoms with Crippen LogP contribution in [-0.4, -0.2) is 40.4 Å². The summed E-state index contributed by atoms with van der Waals surface area (Å²) in [6, 6.07) is 11.2. The van der Waals surface area contributed by atoms with Crippen LogP contribution in [0.5, 0.6) is 17.2 Å². The second-order valence-corrected chi connectivity index (χ2v) is 7.93. The molecule has 1 N–H and O–H groups in total. The Morgan fingerprint density at radius 2 is 1.61 bits per heavy atom. The number of carbonyl (C=O) groups excluding carboxylic acids is 1. The number of sulfone groups is 1. The minimum atomic E-state index is -3.58. The molecule has 0 saturated carbocycles. The van der Waals surface area contributed by atoms with Crippen LogP contribution >= 0.6 is 0 Å². The van der Waals surface area contributed by atoms with Crippen molar-refractivity contribution in [1.82, 2.24) is 0 Å². The smallest absolute Gasteiger partial charge is 0.225 e. The second-order valence-electron chi connectivity index (χ2n) is 5.82. The number of amides is 1. The summed E-state index contributed by atoms with van der Waals surface area (Å²) in [5.41, 5.74) is 0.444. The van der Waals surface area contributed by atoms with E-state index < -0.39 is 15.7 Å². The van der Waals surface area contributed by atoms with E-state index in [1.165, 1.54) is 19.2 Å².